The molecule has 0 saturated heterocycles. The summed E-state index contributed by atoms with van der Waals surface area (Å²) in [5.41, 5.74) is 3.15. The number of nitrogens with zero attached hydrogens (tertiary/aromatic N) is 2. The van der Waals surface area contributed by atoms with Gasteiger partial charge in [-0.2, -0.15) is 0 Å². The number of amides is 1. The minimum atomic E-state index is -3.70. The molecule has 0 spiro atoms. The van der Waals surface area contributed by atoms with E-state index in [1.54, 1.807) is 42.7 Å². The van der Waals surface area contributed by atoms with Gasteiger partial charge in [0.25, 0.3) is 0 Å². The SMILES string of the molecule is CC(C(=O)Nc1ccc(Cc2ccncc2)cc1)N(c1cccc(Cl)c1)S(C)(=O)=O. The zero-order valence-electron chi connectivity index (χ0n) is 16.6. The van der Waals surface area contributed by atoms with E-state index in [4.69, 9.17) is 11.6 Å². The van der Waals surface area contributed by atoms with Crippen molar-refractivity contribution in [2.75, 3.05) is 15.9 Å². The van der Waals surface area contributed by atoms with Crippen LogP contribution >= 0.6 is 11.6 Å². The van der Waals surface area contributed by atoms with Gasteiger partial charge in [0.05, 0.1) is 11.9 Å². The standard InChI is InChI=1S/C22H22ClN3O3S/c1-16(26(30(2,28)29)21-5-3-4-19(23)15-21)22(27)25-20-8-6-17(7-9-20)14-18-10-12-24-13-11-18/h3-13,15-16H,14H2,1-2H3,(H,25,27). The summed E-state index contributed by atoms with van der Waals surface area (Å²) < 4.78 is 25.8. The van der Waals surface area contributed by atoms with Crippen LogP contribution in [0.1, 0.15) is 18.1 Å². The first kappa shape index (κ1) is 21.8. The summed E-state index contributed by atoms with van der Waals surface area (Å²) in [7, 11) is -3.70. The number of carbonyl (C=O) groups is 1. The summed E-state index contributed by atoms with van der Waals surface area (Å²) in [6, 6.07) is 16.8. The van der Waals surface area contributed by atoms with Crippen molar-refractivity contribution in [1.29, 1.82) is 0 Å². The molecule has 1 heterocycles. The van der Waals surface area contributed by atoms with E-state index in [1.807, 2.05) is 24.3 Å². The summed E-state index contributed by atoms with van der Waals surface area (Å²) >= 11 is 6.00. The summed E-state index contributed by atoms with van der Waals surface area (Å²) in [6.45, 7) is 1.54. The molecular weight excluding hydrogens is 422 g/mol. The lowest BCUT2D eigenvalue weighted by Crippen LogP contribution is -2.45. The molecule has 3 rings (SSSR count). The third kappa shape index (κ3) is 5.58. The van der Waals surface area contributed by atoms with Crippen molar-refractivity contribution < 1.29 is 13.2 Å². The Bertz CT molecular complexity index is 1120. The molecule has 6 nitrogen and oxygen atoms in total. The Hall–Kier alpha value is -2.90. The first-order valence-electron chi connectivity index (χ1n) is 9.28. The third-order valence-electron chi connectivity index (χ3n) is 4.53. The average Bonchev–Trinajstić information content (AvgIpc) is 2.69. The van der Waals surface area contributed by atoms with E-state index in [9.17, 15) is 13.2 Å². The molecule has 0 aliphatic heterocycles. The number of hydrogen-bond donors (Lipinski definition) is 1. The summed E-state index contributed by atoms with van der Waals surface area (Å²) in [6.07, 6.45) is 5.31. The van der Waals surface area contributed by atoms with Crippen molar-refractivity contribution in [2.45, 2.75) is 19.4 Å². The second kappa shape index (κ2) is 9.28. The number of anilines is 2. The molecule has 3 aromatic rings. The molecule has 0 saturated carbocycles. The highest BCUT2D eigenvalue weighted by Crippen LogP contribution is 2.25. The summed E-state index contributed by atoms with van der Waals surface area (Å²) in [4.78, 5) is 16.8. The normalized spacial score (nSPS) is 12.2. The number of hydrogen-bond acceptors (Lipinski definition) is 4. The van der Waals surface area contributed by atoms with E-state index in [-0.39, 0.29) is 0 Å². The molecule has 30 heavy (non-hydrogen) atoms. The molecule has 1 amide bonds. The molecule has 0 aliphatic rings. The Morgan fingerprint density at radius 2 is 1.70 bits per heavy atom. The third-order valence-corrected chi connectivity index (χ3v) is 6.01. The van der Waals surface area contributed by atoms with E-state index in [0.29, 0.717) is 16.4 Å². The Morgan fingerprint density at radius 1 is 1.07 bits per heavy atom. The number of nitrogens with one attached hydrogen (secondary N) is 1. The number of carbonyl (C=O) groups excluding carboxylic acids is 1. The number of halogens is 1. The van der Waals surface area contributed by atoms with Gasteiger partial charge in [-0.25, -0.2) is 8.42 Å². The van der Waals surface area contributed by atoms with Crippen LogP contribution in [0.3, 0.4) is 0 Å². The fourth-order valence-electron chi connectivity index (χ4n) is 3.11. The van der Waals surface area contributed by atoms with Crippen LogP contribution in [0.5, 0.6) is 0 Å². The summed E-state index contributed by atoms with van der Waals surface area (Å²) in [5.74, 6) is -0.442. The Labute approximate surface area is 181 Å². The highest BCUT2D eigenvalue weighted by molar-refractivity contribution is 7.92. The van der Waals surface area contributed by atoms with Gasteiger partial charge in [-0.05, 0) is 66.9 Å². The molecule has 156 valence electrons. The molecule has 1 N–H and O–H groups in total. The van der Waals surface area contributed by atoms with Gasteiger partial charge in [-0.1, -0.05) is 29.8 Å². The molecule has 8 heteroatoms. The number of benzene rings is 2. The first-order valence-corrected chi connectivity index (χ1v) is 11.5. The van der Waals surface area contributed by atoms with Crippen molar-refractivity contribution in [3.63, 3.8) is 0 Å². The maximum absolute atomic E-state index is 12.8. The van der Waals surface area contributed by atoms with Gasteiger partial charge >= 0.3 is 0 Å². The monoisotopic (exact) mass is 443 g/mol. The Kier molecular flexibility index (Phi) is 6.74. The van der Waals surface area contributed by atoms with Gasteiger partial charge in [-0.3, -0.25) is 14.1 Å². The first-order chi connectivity index (χ1) is 14.2. The van der Waals surface area contributed by atoms with Crippen LogP contribution in [0, 0.1) is 0 Å². The predicted octanol–water partition coefficient (Wildman–Crippen LogP) is 4.12. The smallest absolute Gasteiger partial charge is 0.247 e. The zero-order valence-corrected chi connectivity index (χ0v) is 18.2. The minimum Gasteiger partial charge on any atom is -0.324 e. The van der Waals surface area contributed by atoms with Crippen LogP contribution in [0.15, 0.2) is 73.1 Å². The van der Waals surface area contributed by atoms with Gasteiger partial charge in [-0.15, -0.1) is 0 Å². The maximum Gasteiger partial charge on any atom is 0.247 e. The molecule has 1 unspecified atom stereocenters. The van der Waals surface area contributed by atoms with Gasteiger partial charge in [0.15, 0.2) is 0 Å². The van der Waals surface area contributed by atoms with E-state index < -0.39 is 22.0 Å². The van der Waals surface area contributed by atoms with E-state index in [2.05, 4.69) is 10.3 Å². The maximum atomic E-state index is 12.8. The van der Waals surface area contributed by atoms with E-state index in [1.165, 1.54) is 13.0 Å². The highest BCUT2D eigenvalue weighted by atomic mass is 35.5. The fourth-order valence-corrected chi connectivity index (χ4v) is 4.46. The van der Waals surface area contributed by atoms with Crippen LogP contribution in [-0.4, -0.2) is 31.6 Å². The largest absolute Gasteiger partial charge is 0.324 e. The molecule has 2 aromatic carbocycles. The lowest BCUT2D eigenvalue weighted by molar-refractivity contribution is -0.116. The molecule has 0 radical (unpaired) electrons. The average molecular weight is 444 g/mol. The molecule has 0 bridgehead atoms. The lowest BCUT2D eigenvalue weighted by Gasteiger charge is -2.28. The topological polar surface area (TPSA) is 79.4 Å². The van der Waals surface area contributed by atoms with Crippen molar-refractivity contribution in [1.82, 2.24) is 4.98 Å². The fraction of sp³-hybridized carbons (Fsp3) is 0.182. The predicted molar refractivity (Wildman–Crippen MR) is 120 cm³/mol. The van der Waals surface area contributed by atoms with Crippen LogP contribution in [0.25, 0.3) is 0 Å². The van der Waals surface area contributed by atoms with Crippen LogP contribution in [0.2, 0.25) is 5.02 Å². The number of rotatable bonds is 7. The lowest BCUT2D eigenvalue weighted by atomic mass is 10.1. The van der Waals surface area contributed by atoms with E-state index >= 15 is 0 Å². The molecule has 1 aromatic heterocycles. The second-order valence-electron chi connectivity index (χ2n) is 6.93. The number of sulfonamides is 1. The van der Waals surface area contributed by atoms with E-state index in [0.717, 1.165) is 28.1 Å². The van der Waals surface area contributed by atoms with Gasteiger partial charge in [0.1, 0.15) is 6.04 Å². The van der Waals surface area contributed by atoms with Crippen LogP contribution in [-0.2, 0) is 21.2 Å². The number of pyridine rings is 1. The van der Waals surface area contributed by atoms with Gasteiger partial charge in [0, 0.05) is 23.1 Å². The van der Waals surface area contributed by atoms with Crippen molar-refractivity contribution in [2.24, 2.45) is 0 Å². The van der Waals surface area contributed by atoms with Crippen molar-refractivity contribution >= 4 is 38.9 Å². The molecule has 1 atom stereocenters. The molecule has 0 fully saturated rings. The Balaban J connectivity index is 1.73. The Morgan fingerprint density at radius 3 is 2.30 bits per heavy atom. The quantitative estimate of drug-likeness (QED) is 0.595. The zero-order chi connectivity index (χ0) is 21.7. The van der Waals surface area contributed by atoms with Crippen LogP contribution in [0.4, 0.5) is 11.4 Å². The van der Waals surface area contributed by atoms with Crippen molar-refractivity contribution in [3.05, 3.63) is 89.2 Å². The van der Waals surface area contributed by atoms with Crippen LogP contribution < -0.4 is 9.62 Å². The number of aromatic nitrogens is 1. The summed E-state index contributed by atoms with van der Waals surface area (Å²) in [5, 5.41) is 3.17. The van der Waals surface area contributed by atoms with Gasteiger partial charge < -0.3 is 5.32 Å². The highest BCUT2D eigenvalue weighted by Gasteiger charge is 2.29. The van der Waals surface area contributed by atoms with Gasteiger partial charge in [0.2, 0.25) is 15.9 Å². The molecular formula is C22H22ClN3O3S. The van der Waals surface area contributed by atoms with Crippen molar-refractivity contribution in [3.8, 4) is 0 Å². The molecule has 0 aliphatic carbocycles. The minimum absolute atomic E-state index is 0.334. The second-order valence-corrected chi connectivity index (χ2v) is 9.23.